The van der Waals surface area contributed by atoms with Gasteiger partial charge in [0.25, 0.3) is 0 Å². The number of ether oxygens (including phenoxy) is 1. The molecular formula is C32H31F3O2. The van der Waals surface area contributed by atoms with Crippen molar-refractivity contribution in [1.82, 2.24) is 0 Å². The van der Waals surface area contributed by atoms with E-state index in [4.69, 9.17) is 4.74 Å². The highest BCUT2D eigenvalue weighted by Crippen LogP contribution is 2.34. The highest BCUT2D eigenvalue weighted by molar-refractivity contribution is 5.74. The van der Waals surface area contributed by atoms with Crippen LogP contribution in [-0.2, 0) is 0 Å². The smallest absolute Gasteiger partial charge is 0.166 e. The molecule has 2 nitrogen and oxygen atoms in total. The molecule has 37 heavy (non-hydrogen) atoms. The third-order valence-corrected chi connectivity index (χ3v) is 6.80. The van der Waals surface area contributed by atoms with Gasteiger partial charge in [0, 0.05) is 11.1 Å². The molecule has 0 aromatic heterocycles. The maximum Gasteiger partial charge on any atom is 0.166 e. The van der Waals surface area contributed by atoms with Crippen LogP contribution >= 0.6 is 0 Å². The van der Waals surface area contributed by atoms with Crippen LogP contribution in [0.2, 0.25) is 0 Å². The lowest BCUT2D eigenvalue weighted by atomic mass is 9.84. The van der Waals surface area contributed by atoms with Crippen molar-refractivity contribution < 1.29 is 23.0 Å². The van der Waals surface area contributed by atoms with Gasteiger partial charge in [0.15, 0.2) is 23.2 Å². The Morgan fingerprint density at radius 1 is 1.00 bits per heavy atom. The van der Waals surface area contributed by atoms with E-state index in [1.54, 1.807) is 49.4 Å². The van der Waals surface area contributed by atoms with Gasteiger partial charge in [-0.3, -0.25) is 0 Å². The minimum Gasteiger partial charge on any atom is -0.490 e. The van der Waals surface area contributed by atoms with E-state index >= 15 is 0 Å². The monoisotopic (exact) mass is 504 g/mol. The number of hydrogen-bond donors (Lipinski definition) is 1. The molecule has 0 radical (unpaired) electrons. The Hall–Kier alpha value is -3.57. The standard InChI is InChI=1S/C32H31F3O2/c1-3-4-19-37-30-18-16-27(20-29(30)33)24-8-5-22(6-9-24)7-10-26-15-17-28(32(35)31(26)34)25-13-11-23(12-14-25)21(2)36/h3,5-10,13,15-18,20-21,23,36H,1,4,11-12,14,19H2,2H3/b10-7+. The second-order valence-electron chi connectivity index (χ2n) is 9.36. The molecule has 2 atom stereocenters. The molecule has 0 aliphatic heterocycles. The number of hydrogen-bond acceptors (Lipinski definition) is 2. The van der Waals surface area contributed by atoms with E-state index in [0.717, 1.165) is 23.1 Å². The maximum atomic E-state index is 14.9. The number of aliphatic hydroxyl groups is 1. The highest BCUT2D eigenvalue weighted by Gasteiger charge is 2.22. The van der Waals surface area contributed by atoms with Crippen LogP contribution in [0.15, 0.2) is 73.3 Å². The zero-order valence-corrected chi connectivity index (χ0v) is 20.9. The summed E-state index contributed by atoms with van der Waals surface area (Å²) in [6.07, 6.45) is 9.14. The van der Waals surface area contributed by atoms with Crippen LogP contribution in [0.3, 0.4) is 0 Å². The zero-order valence-electron chi connectivity index (χ0n) is 20.9. The lowest BCUT2D eigenvalue weighted by molar-refractivity contribution is 0.120. The molecule has 0 saturated heterocycles. The first-order chi connectivity index (χ1) is 17.9. The Kier molecular flexibility index (Phi) is 8.67. The summed E-state index contributed by atoms with van der Waals surface area (Å²) in [4.78, 5) is 0. The topological polar surface area (TPSA) is 29.5 Å². The van der Waals surface area contributed by atoms with Gasteiger partial charge in [0.1, 0.15) is 0 Å². The summed E-state index contributed by atoms with van der Waals surface area (Å²) >= 11 is 0. The Morgan fingerprint density at radius 3 is 2.41 bits per heavy atom. The summed E-state index contributed by atoms with van der Waals surface area (Å²) in [7, 11) is 0. The molecule has 4 rings (SSSR count). The fourth-order valence-corrected chi connectivity index (χ4v) is 4.50. The third-order valence-electron chi connectivity index (χ3n) is 6.80. The van der Waals surface area contributed by atoms with Crippen LogP contribution in [-0.4, -0.2) is 17.8 Å². The summed E-state index contributed by atoms with van der Waals surface area (Å²) in [5.41, 5.74) is 3.58. The molecular weight excluding hydrogens is 473 g/mol. The Labute approximate surface area is 216 Å². The fraction of sp³-hybridized carbons (Fsp3) is 0.250. The Balaban J connectivity index is 1.45. The zero-order chi connectivity index (χ0) is 26.4. The molecule has 0 saturated carbocycles. The molecule has 3 aromatic carbocycles. The molecule has 0 heterocycles. The largest absolute Gasteiger partial charge is 0.490 e. The molecule has 2 unspecified atom stereocenters. The first-order valence-corrected chi connectivity index (χ1v) is 12.5. The second-order valence-corrected chi connectivity index (χ2v) is 9.36. The molecule has 1 N–H and O–H groups in total. The molecule has 0 bridgehead atoms. The van der Waals surface area contributed by atoms with Crippen molar-refractivity contribution in [3.8, 4) is 16.9 Å². The van der Waals surface area contributed by atoms with Crippen LogP contribution in [0.1, 0.15) is 49.3 Å². The van der Waals surface area contributed by atoms with Crippen molar-refractivity contribution in [2.45, 2.75) is 38.7 Å². The van der Waals surface area contributed by atoms with Crippen LogP contribution in [0.5, 0.6) is 5.75 Å². The van der Waals surface area contributed by atoms with Crippen molar-refractivity contribution >= 4 is 17.7 Å². The lowest BCUT2D eigenvalue weighted by Crippen LogP contribution is -2.18. The average molecular weight is 505 g/mol. The van der Waals surface area contributed by atoms with E-state index in [0.29, 0.717) is 31.4 Å². The molecule has 1 aliphatic carbocycles. The highest BCUT2D eigenvalue weighted by atomic mass is 19.2. The normalized spacial score (nSPS) is 16.5. The van der Waals surface area contributed by atoms with E-state index in [2.05, 4.69) is 6.58 Å². The van der Waals surface area contributed by atoms with Crippen LogP contribution in [0, 0.1) is 23.4 Å². The molecule has 0 spiro atoms. The summed E-state index contributed by atoms with van der Waals surface area (Å²) in [6.45, 7) is 5.75. The van der Waals surface area contributed by atoms with Crippen LogP contribution in [0.4, 0.5) is 13.2 Å². The second kappa shape index (κ2) is 12.1. The third kappa shape index (κ3) is 6.41. The van der Waals surface area contributed by atoms with Crippen LogP contribution in [0.25, 0.3) is 28.9 Å². The van der Waals surface area contributed by atoms with Gasteiger partial charge in [-0.25, -0.2) is 13.2 Å². The van der Waals surface area contributed by atoms with Gasteiger partial charge < -0.3 is 9.84 Å². The Bertz CT molecular complexity index is 1310. The SMILES string of the molecule is C=CCCOc1ccc(-c2ccc(/C=C/c3ccc(C4=CCC(C(C)O)CC4)c(F)c3F)cc2)cc1F. The van der Waals surface area contributed by atoms with Gasteiger partial charge in [-0.1, -0.05) is 66.8 Å². The lowest BCUT2D eigenvalue weighted by Gasteiger charge is -2.24. The van der Waals surface area contributed by atoms with Gasteiger partial charge in [-0.05, 0) is 72.9 Å². The van der Waals surface area contributed by atoms with Gasteiger partial charge in [0.2, 0.25) is 0 Å². The maximum absolute atomic E-state index is 14.9. The molecule has 0 amide bonds. The van der Waals surface area contributed by atoms with E-state index < -0.39 is 23.6 Å². The fourth-order valence-electron chi connectivity index (χ4n) is 4.50. The quantitative estimate of drug-likeness (QED) is 0.180. The van der Waals surface area contributed by atoms with E-state index in [9.17, 15) is 18.3 Å². The molecule has 1 aliphatic rings. The summed E-state index contributed by atoms with van der Waals surface area (Å²) < 4.78 is 49.5. The van der Waals surface area contributed by atoms with Crippen molar-refractivity contribution in [1.29, 1.82) is 0 Å². The van der Waals surface area contributed by atoms with Gasteiger partial charge in [-0.15, -0.1) is 6.58 Å². The predicted molar refractivity (Wildman–Crippen MR) is 144 cm³/mol. The van der Waals surface area contributed by atoms with Crippen molar-refractivity contribution in [3.63, 3.8) is 0 Å². The number of aliphatic hydroxyl groups excluding tert-OH is 1. The summed E-state index contributed by atoms with van der Waals surface area (Å²) in [5, 5.41) is 9.76. The predicted octanol–water partition coefficient (Wildman–Crippen LogP) is 8.46. The van der Waals surface area contributed by atoms with E-state index in [1.807, 2.05) is 30.3 Å². The summed E-state index contributed by atoms with van der Waals surface area (Å²) in [6, 6.07) is 15.4. The van der Waals surface area contributed by atoms with Gasteiger partial charge in [-0.2, -0.15) is 0 Å². The minimum atomic E-state index is -0.880. The van der Waals surface area contributed by atoms with Crippen molar-refractivity contribution in [2.75, 3.05) is 6.61 Å². The Morgan fingerprint density at radius 2 is 1.76 bits per heavy atom. The van der Waals surface area contributed by atoms with E-state index in [1.165, 1.54) is 6.07 Å². The first kappa shape index (κ1) is 26.5. The first-order valence-electron chi connectivity index (χ1n) is 12.5. The van der Waals surface area contributed by atoms with Gasteiger partial charge >= 0.3 is 0 Å². The number of rotatable bonds is 9. The molecule has 192 valence electrons. The number of benzene rings is 3. The molecule has 3 aromatic rings. The minimum absolute atomic E-state index is 0.157. The average Bonchev–Trinajstić information content (AvgIpc) is 2.91. The van der Waals surface area contributed by atoms with Crippen LogP contribution < -0.4 is 4.74 Å². The summed E-state index contributed by atoms with van der Waals surface area (Å²) in [5.74, 6) is -1.80. The number of halogens is 3. The number of allylic oxidation sites excluding steroid dienone is 2. The van der Waals surface area contributed by atoms with Crippen molar-refractivity contribution in [3.05, 3.63) is 107 Å². The van der Waals surface area contributed by atoms with E-state index in [-0.39, 0.29) is 22.8 Å². The molecule has 0 fully saturated rings. The van der Waals surface area contributed by atoms with Gasteiger partial charge in [0.05, 0.1) is 12.7 Å². The molecule has 5 heteroatoms. The van der Waals surface area contributed by atoms with Crippen molar-refractivity contribution in [2.24, 2.45) is 5.92 Å².